The molecule has 1 heterocycles. The van der Waals surface area contributed by atoms with E-state index in [0.29, 0.717) is 12.3 Å². The fraction of sp³-hybridized carbons (Fsp3) is 0.250. The molecule has 0 radical (unpaired) electrons. The van der Waals surface area contributed by atoms with Gasteiger partial charge in [-0.05, 0) is 41.6 Å². The van der Waals surface area contributed by atoms with E-state index in [0.717, 1.165) is 3.57 Å². The van der Waals surface area contributed by atoms with Crippen LogP contribution in [-0.2, 0) is 4.74 Å². The minimum absolute atomic E-state index is 0.359. The first-order chi connectivity index (χ1) is 5.75. The second-order valence-corrected chi connectivity index (χ2v) is 3.22. The molecule has 0 saturated carbocycles. The molecule has 3 nitrogen and oxygen atoms in total. The van der Waals surface area contributed by atoms with E-state index in [1.807, 2.05) is 6.07 Å². The number of esters is 1. The van der Waals surface area contributed by atoms with Gasteiger partial charge in [0.05, 0.1) is 6.61 Å². The van der Waals surface area contributed by atoms with Crippen molar-refractivity contribution in [2.75, 3.05) is 6.61 Å². The number of hydrogen-bond donors (Lipinski definition) is 0. The summed E-state index contributed by atoms with van der Waals surface area (Å²) >= 11 is 2.05. The second-order valence-electron chi connectivity index (χ2n) is 2.05. The van der Waals surface area contributed by atoms with Crippen LogP contribution < -0.4 is 0 Å². The van der Waals surface area contributed by atoms with Crippen LogP contribution in [0.25, 0.3) is 0 Å². The predicted molar refractivity (Wildman–Crippen MR) is 52.9 cm³/mol. The number of carbonyl (C=O) groups excluding carboxylic acids is 1. The van der Waals surface area contributed by atoms with Gasteiger partial charge in [0.2, 0.25) is 0 Å². The standard InChI is InChI=1S/C8H8INO2/c1-2-12-8(11)7-6(9)4-3-5-10-7/h3-5H,2H2,1H3. The minimum atomic E-state index is -0.359. The van der Waals surface area contributed by atoms with Crippen molar-refractivity contribution in [3.63, 3.8) is 0 Å². The molecule has 0 aromatic carbocycles. The molecular formula is C8H8INO2. The van der Waals surface area contributed by atoms with Crippen LogP contribution in [0.15, 0.2) is 18.3 Å². The molecule has 0 aliphatic heterocycles. The molecule has 0 unspecified atom stereocenters. The second kappa shape index (κ2) is 4.39. The van der Waals surface area contributed by atoms with Crippen LogP contribution in [0, 0.1) is 3.57 Å². The van der Waals surface area contributed by atoms with Gasteiger partial charge >= 0.3 is 5.97 Å². The Hall–Kier alpha value is -0.650. The minimum Gasteiger partial charge on any atom is -0.461 e. The quantitative estimate of drug-likeness (QED) is 0.612. The van der Waals surface area contributed by atoms with Crippen LogP contribution in [0.1, 0.15) is 17.4 Å². The lowest BCUT2D eigenvalue weighted by atomic mass is 10.3. The number of aromatic nitrogens is 1. The number of halogens is 1. The predicted octanol–water partition coefficient (Wildman–Crippen LogP) is 1.86. The van der Waals surface area contributed by atoms with E-state index >= 15 is 0 Å². The van der Waals surface area contributed by atoms with Crippen molar-refractivity contribution in [3.8, 4) is 0 Å². The summed E-state index contributed by atoms with van der Waals surface area (Å²) < 4.78 is 5.62. The lowest BCUT2D eigenvalue weighted by Crippen LogP contribution is -2.08. The molecule has 0 amide bonds. The molecule has 0 bridgehead atoms. The Kier molecular flexibility index (Phi) is 3.46. The highest BCUT2D eigenvalue weighted by molar-refractivity contribution is 14.1. The number of hydrogen-bond acceptors (Lipinski definition) is 3. The number of nitrogens with zero attached hydrogens (tertiary/aromatic N) is 1. The molecule has 64 valence electrons. The number of rotatable bonds is 2. The number of carbonyl (C=O) groups is 1. The Bertz CT molecular complexity index is 288. The van der Waals surface area contributed by atoms with Gasteiger partial charge in [0.1, 0.15) is 0 Å². The summed E-state index contributed by atoms with van der Waals surface area (Å²) in [6.45, 7) is 2.15. The van der Waals surface area contributed by atoms with E-state index in [9.17, 15) is 4.79 Å². The Morgan fingerprint density at radius 3 is 3.08 bits per heavy atom. The van der Waals surface area contributed by atoms with Crippen LogP contribution in [0.2, 0.25) is 0 Å². The molecule has 0 aliphatic carbocycles. The van der Waals surface area contributed by atoms with E-state index in [1.54, 1.807) is 19.2 Å². The molecule has 0 N–H and O–H groups in total. The van der Waals surface area contributed by atoms with Gasteiger partial charge in [0, 0.05) is 9.77 Å². The van der Waals surface area contributed by atoms with Crippen molar-refractivity contribution >= 4 is 28.6 Å². The number of pyridine rings is 1. The maximum Gasteiger partial charge on any atom is 0.358 e. The van der Waals surface area contributed by atoms with Gasteiger partial charge in [-0.3, -0.25) is 0 Å². The highest BCUT2D eigenvalue weighted by atomic mass is 127. The SMILES string of the molecule is CCOC(=O)c1ncccc1I. The van der Waals surface area contributed by atoms with Crippen LogP contribution in [0.3, 0.4) is 0 Å². The zero-order valence-corrected chi connectivity index (χ0v) is 8.74. The number of ether oxygens (including phenoxy) is 1. The molecule has 0 atom stereocenters. The van der Waals surface area contributed by atoms with E-state index in [4.69, 9.17) is 4.74 Å². The largest absolute Gasteiger partial charge is 0.461 e. The smallest absolute Gasteiger partial charge is 0.358 e. The molecule has 0 spiro atoms. The van der Waals surface area contributed by atoms with Crippen molar-refractivity contribution in [3.05, 3.63) is 27.6 Å². The van der Waals surface area contributed by atoms with Gasteiger partial charge in [-0.1, -0.05) is 0 Å². The van der Waals surface area contributed by atoms with E-state index in [2.05, 4.69) is 27.6 Å². The Balaban J connectivity index is 2.87. The molecular weight excluding hydrogens is 269 g/mol. The lowest BCUT2D eigenvalue weighted by Gasteiger charge is -2.01. The van der Waals surface area contributed by atoms with Gasteiger partial charge in [-0.2, -0.15) is 0 Å². The first-order valence-electron chi connectivity index (χ1n) is 3.53. The highest BCUT2D eigenvalue weighted by Gasteiger charge is 2.10. The van der Waals surface area contributed by atoms with Crippen molar-refractivity contribution in [2.45, 2.75) is 6.92 Å². The summed E-state index contributed by atoms with van der Waals surface area (Å²) in [5, 5.41) is 0. The first-order valence-corrected chi connectivity index (χ1v) is 4.61. The van der Waals surface area contributed by atoms with Crippen molar-refractivity contribution in [2.24, 2.45) is 0 Å². The zero-order chi connectivity index (χ0) is 8.97. The van der Waals surface area contributed by atoms with Crippen LogP contribution in [0.4, 0.5) is 0 Å². The molecule has 1 aromatic heterocycles. The third-order valence-electron chi connectivity index (χ3n) is 1.23. The maximum absolute atomic E-state index is 11.2. The summed E-state index contributed by atoms with van der Waals surface area (Å²) in [6, 6.07) is 3.60. The molecule has 1 rings (SSSR count). The fourth-order valence-corrected chi connectivity index (χ4v) is 1.30. The average molecular weight is 277 g/mol. The zero-order valence-electron chi connectivity index (χ0n) is 6.58. The van der Waals surface area contributed by atoms with Crippen LogP contribution in [0.5, 0.6) is 0 Å². The Labute approximate surface area is 84.3 Å². The van der Waals surface area contributed by atoms with Crippen LogP contribution in [-0.4, -0.2) is 17.6 Å². The van der Waals surface area contributed by atoms with E-state index in [-0.39, 0.29) is 5.97 Å². The molecule has 12 heavy (non-hydrogen) atoms. The van der Waals surface area contributed by atoms with Crippen molar-refractivity contribution in [1.82, 2.24) is 4.98 Å². The molecule has 0 fully saturated rings. The summed E-state index contributed by atoms with van der Waals surface area (Å²) in [6.07, 6.45) is 1.58. The van der Waals surface area contributed by atoms with Crippen LogP contribution >= 0.6 is 22.6 Å². The van der Waals surface area contributed by atoms with Gasteiger partial charge in [0.15, 0.2) is 5.69 Å². The summed E-state index contributed by atoms with van der Waals surface area (Å²) in [5.74, 6) is -0.359. The van der Waals surface area contributed by atoms with Crippen molar-refractivity contribution < 1.29 is 9.53 Å². The third-order valence-corrected chi connectivity index (χ3v) is 2.10. The lowest BCUT2D eigenvalue weighted by molar-refractivity contribution is 0.0518. The van der Waals surface area contributed by atoms with Crippen molar-refractivity contribution in [1.29, 1.82) is 0 Å². The normalized spacial score (nSPS) is 9.50. The Morgan fingerprint density at radius 2 is 2.50 bits per heavy atom. The van der Waals surface area contributed by atoms with Gasteiger partial charge in [-0.15, -0.1) is 0 Å². The third kappa shape index (κ3) is 2.17. The first kappa shape index (κ1) is 9.44. The molecule has 0 saturated heterocycles. The summed E-state index contributed by atoms with van der Waals surface area (Å²) in [4.78, 5) is 15.1. The topological polar surface area (TPSA) is 39.2 Å². The van der Waals surface area contributed by atoms with Gasteiger partial charge in [-0.25, -0.2) is 9.78 Å². The fourth-order valence-electron chi connectivity index (χ4n) is 0.735. The average Bonchev–Trinajstić information content (AvgIpc) is 2.05. The molecule has 1 aromatic rings. The van der Waals surface area contributed by atoms with E-state index < -0.39 is 0 Å². The van der Waals surface area contributed by atoms with Gasteiger partial charge in [0.25, 0.3) is 0 Å². The monoisotopic (exact) mass is 277 g/mol. The van der Waals surface area contributed by atoms with E-state index in [1.165, 1.54) is 0 Å². The Morgan fingerprint density at radius 1 is 1.75 bits per heavy atom. The summed E-state index contributed by atoms with van der Waals surface area (Å²) in [7, 11) is 0. The maximum atomic E-state index is 11.2. The summed E-state index contributed by atoms with van der Waals surface area (Å²) in [5.41, 5.74) is 0.389. The van der Waals surface area contributed by atoms with Gasteiger partial charge < -0.3 is 4.74 Å². The molecule has 0 aliphatic rings. The highest BCUT2D eigenvalue weighted by Crippen LogP contribution is 2.09. The molecule has 4 heteroatoms.